The molecule has 3 aromatic carbocycles. The highest BCUT2D eigenvalue weighted by Crippen LogP contribution is 2.18. The summed E-state index contributed by atoms with van der Waals surface area (Å²) >= 11 is 0. The maximum atomic E-state index is 12.6. The predicted octanol–water partition coefficient (Wildman–Crippen LogP) is 3.60. The van der Waals surface area contributed by atoms with E-state index in [1.165, 1.54) is 30.3 Å². The number of esters is 1. The van der Waals surface area contributed by atoms with Gasteiger partial charge in [-0.2, -0.15) is 5.10 Å². The molecule has 8 nitrogen and oxygen atoms in total. The summed E-state index contributed by atoms with van der Waals surface area (Å²) in [5.74, 6) is 4.67. The molecular formula is C23H19N3O5. The third kappa shape index (κ3) is 5.39. The van der Waals surface area contributed by atoms with Gasteiger partial charge in [0.05, 0.1) is 10.5 Å². The third-order valence-electron chi connectivity index (χ3n) is 4.51. The Bertz CT molecular complexity index is 1150. The molecular weight excluding hydrogens is 398 g/mol. The molecule has 0 aromatic heterocycles. The molecule has 3 rings (SSSR count). The van der Waals surface area contributed by atoms with Crippen molar-refractivity contribution < 1.29 is 19.2 Å². The molecule has 0 aliphatic heterocycles. The molecule has 0 heterocycles. The lowest BCUT2D eigenvalue weighted by atomic mass is 10.00. The summed E-state index contributed by atoms with van der Waals surface area (Å²) in [6, 6.07) is 19.0. The second-order valence-electron chi connectivity index (χ2n) is 6.78. The molecule has 0 saturated carbocycles. The molecule has 0 aliphatic rings. The average Bonchev–Trinajstić information content (AvgIpc) is 2.77. The lowest BCUT2D eigenvalue weighted by Gasteiger charge is -2.08. The first kappa shape index (κ1) is 21.4. The van der Waals surface area contributed by atoms with Crippen molar-refractivity contribution in [2.45, 2.75) is 13.3 Å². The number of nitrogens with two attached hydrogens (primary N) is 1. The Hall–Kier alpha value is -4.33. The average molecular weight is 417 g/mol. The molecule has 0 amide bonds. The van der Waals surface area contributed by atoms with Crippen molar-refractivity contribution >= 4 is 23.2 Å². The Balaban J connectivity index is 1.70. The van der Waals surface area contributed by atoms with Crippen molar-refractivity contribution in [2.75, 3.05) is 0 Å². The molecule has 0 radical (unpaired) electrons. The molecule has 0 aliphatic carbocycles. The van der Waals surface area contributed by atoms with Crippen LogP contribution >= 0.6 is 0 Å². The summed E-state index contributed by atoms with van der Waals surface area (Å²) in [6.07, 6.45) is 0.153. The highest BCUT2D eigenvalue weighted by Gasteiger charge is 2.16. The van der Waals surface area contributed by atoms with Crippen LogP contribution < -0.4 is 10.6 Å². The molecule has 0 atom stereocenters. The zero-order valence-corrected chi connectivity index (χ0v) is 16.6. The van der Waals surface area contributed by atoms with Crippen LogP contribution in [0.3, 0.4) is 0 Å². The molecule has 31 heavy (non-hydrogen) atoms. The van der Waals surface area contributed by atoms with E-state index in [0.717, 1.165) is 17.2 Å². The van der Waals surface area contributed by atoms with Crippen LogP contribution in [-0.2, 0) is 11.2 Å². The number of nitrogens with zero attached hydrogens (tertiary/aromatic N) is 2. The normalized spacial score (nSPS) is 11.1. The predicted molar refractivity (Wildman–Crippen MR) is 115 cm³/mol. The van der Waals surface area contributed by atoms with Crippen LogP contribution in [0, 0.1) is 17.0 Å². The molecule has 0 bridgehead atoms. The van der Waals surface area contributed by atoms with Gasteiger partial charge in [-0.15, -0.1) is 0 Å². The number of rotatable bonds is 7. The topological polar surface area (TPSA) is 125 Å². The molecule has 0 unspecified atom stereocenters. The SMILES string of the molecule is Cc1ccc(CC(=O)/C(=N/N)c2ccc(OC(=O)c3cccc([N+](=O)[O-])c3)cc2)cc1. The van der Waals surface area contributed by atoms with E-state index in [1.807, 2.05) is 31.2 Å². The molecule has 0 spiro atoms. The fraction of sp³-hybridized carbons (Fsp3) is 0.0870. The fourth-order valence-electron chi connectivity index (χ4n) is 2.88. The number of carbonyl (C=O) groups excluding carboxylic acids is 2. The number of aryl methyl sites for hydroxylation is 1. The number of carbonyl (C=O) groups is 2. The Kier molecular flexibility index (Phi) is 6.51. The number of nitro groups is 1. The summed E-state index contributed by atoms with van der Waals surface area (Å²) in [6.45, 7) is 1.96. The van der Waals surface area contributed by atoms with E-state index in [1.54, 1.807) is 12.1 Å². The van der Waals surface area contributed by atoms with Gasteiger partial charge in [0.15, 0.2) is 5.78 Å². The van der Waals surface area contributed by atoms with Gasteiger partial charge in [-0.05, 0) is 42.8 Å². The van der Waals surface area contributed by atoms with Gasteiger partial charge in [0, 0.05) is 24.1 Å². The van der Waals surface area contributed by atoms with Crippen LogP contribution in [0.25, 0.3) is 0 Å². The van der Waals surface area contributed by atoms with Gasteiger partial charge < -0.3 is 10.6 Å². The second kappa shape index (κ2) is 9.45. The number of nitro benzene ring substituents is 1. The Labute approximate surface area is 178 Å². The van der Waals surface area contributed by atoms with E-state index >= 15 is 0 Å². The lowest BCUT2D eigenvalue weighted by Crippen LogP contribution is -2.19. The van der Waals surface area contributed by atoms with E-state index in [4.69, 9.17) is 10.6 Å². The monoisotopic (exact) mass is 417 g/mol. The van der Waals surface area contributed by atoms with E-state index in [2.05, 4.69) is 5.10 Å². The first-order chi connectivity index (χ1) is 14.9. The van der Waals surface area contributed by atoms with Crippen LogP contribution in [0.5, 0.6) is 5.75 Å². The zero-order chi connectivity index (χ0) is 22.4. The molecule has 3 aromatic rings. The third-order valence-corrected chi connectivity index (χ3v) is 4.51. The van der Waals surface area contributed by atoms with Gasteiger partial charge in [0.2, 0.25) is 0 Å². The smallest absolute Gasteiger partial charge is 0.343 e. The number of ether oxygens (including phenoxy) is 1. The maximum Gasteiger partial charge on any atom is 0.343 e. The van der Waals surface area contributed by atoms with Crippen molar-refractivity contribution in [3.8, 4) is 5.75 Å². The number of hydrogen-bond acceptors (Lipinski definition) is 7. The van der Waals surface area contributed by atoms with Crippen LogP contribution in [0.2, 0.25) is 0 Å². The van der Waals surface area contributed by atoms with Gasteiger partial charge in [-0.25, -0.2) is 4.79 Å². The summed E-state index contributed by atoms with van der Waals surface area (Å²) < 4.78 is 5.25. The second-order valence-corrected chi connectivity index (χ2v) is 6.78. The van der Waals surface area contributed by atoms with Crippen LogP contribution in [-0.4, -0.2) is 22.4 Å². The lowest BCUT2D eigenvalue weighted by molar-refractivity contribution is -0.384. The number of ketones is 1. The van der Waals surface area contributed by atoms with Gasteiger partial charge in [-0.3, -0.25) is 14.9 Å². The number of benzene rings is 3. The number of hydrogen-bond donors (Lipinski definition) is 1. The minimum Gasteiger partial charge on any atom is -0.423 e. The molecule has 0 fully saturated rings. The van der Waals surface area contributed by atoms with Crippen LogP contribution in [0.15, 0.2) is 77.9 Å². The summed E-state index contributed by atoms with van der Waals surface area (Å²) in [7, 11) is 0. The van der Waals surface area contributed by atoms with E-state index < -0.39 is 10.9 Å². The standard InChI is InChI=1S/C23H19N3O5/c1-15-5-7-16(8-6-15)13-21(27)22(25-24)17-9-11-20(12-10-17)31-23(28)18-3-2-4-19(14-18)26(29)30/h2-12,14H,13,24H2,1H3/b25-22+. The van der Waals surface area contributed by atoms with E-state index in [9.17, 15) is 19.7 Å². The van der Waals surface area contributed by atoms with Gasteiger partial charge >= 0.3 is 5.97 Å². The van der Waals surface area contributed by atoms with Crippen LogP contribution in [0.4, 0.5) is 5.69 Å². The van der Waals surface area contributed by atoms with Crippen molar-refractivity contribution in [3.05, 3.63) is 105 Å². The Morgan fingerprint density at radius 3 is 2.29 bits per heavy atom. The summed E-state index contributed by atoms with van der Waals surface area (Å²) in [5.41, 5.74) is 2.38. The largest absolute Gasteiger partial charge is 0.423 e. The van der Waals surface area contributed by atoms with E-state index in [0.29, 0.717) is 5.56 Å². The van der Waals surface area contributed by atoms with Crippen molar-refractivity contribution in [2.24, 2.45) is 10.9 Å². The fourth-order valence-corrected chi connectivity index (χ4v) is 2.88. The van der Waals surface area contributed by atoms with E-state index in [-0.39, 0.29) is 34.9 Å². The van der Waals surface area contributed by atoms with Crippen molar-refractivity contribution in [1.29, 1.82) is 0 Å². The van der Waals surface area contributed by atoms with Gasteiger partial charge in [0.25, 0.3) is 5.69 Å². The summed E-state index contributed by atoms with van der Waals surface area (Å²) in [5, 5.41) is 14.5. The number of hydrazone groups is 1. The molecule has 0 saturated heterocycles. The number of non-ortho nitro benzene ring substituents is 1. The van der Waals surface area contributed by atoms with Crippen LogP contribution in [0.1, 0.15) is 27.0 Å². The minimum atomic E-state index is -0.736. The first-order valence-electron chi connectivity index (χ1n) is 9.31. The van der Waals surface area contributed by atoms with Crippen molar-refractivity contribution in [1.82, 2.24) is 0 Å². The maximum absolute atomic E-state index is 12.6. The minimum absolute atomic E-state index is 0.0516. The zero-order valence-electron chi connectivity index (χ0n) is 16.6. The van der Waals surface area contributed by atoms with Gasteiger partial charge in [0.1, 0.15) is 11.5 Å². The quantitative estimate of drug-likeness (QED) is 0.156. The number of Topliss-reactive ketones (excluding diaryl/α,β-unsaturated/α-hetero) is 1. The van der Waals surface area contributed by atoms with Gasteiger partial charge in [-0.1, -0.05) is 35.9 Å². The molecule has 2 N–H and O–H groups in total. The van der Waals surface area contributed by atoms with Crippen molar-refractivity contribution in [3.63, 3.8) is 0 Å². The molecule has 156 valence electrons. The highest BCUT2D eigenvalue weighted by molar-refractivity contribution is 6.46. The molecule has 8 heteroatoms. The first-order valence-corrected chi connectivity index (χ1v) is 9.31. The summed E-state index contributed by atoms with van der Waals surface area (Å²) in [4.78, 5) is 35.1. The highest BCUT2D eigenvalue weighted by atomic mass is 16.6. The Morgan fingerprint density at radius 2 is 1.68 bits per heavy atom. The Morgan fingerprint density at radius 1 is 1.00 bits per heavy atom.